The molecule has 1 heterocycles. The van der Waals surface area contributed by atoms with E-state index in [9.17, 15) is 14.0 Å². The van der Waals surface area contributed by atoms with Crippen LogP contribution in [0.2, 0.25) is 5.02 Å². The molecular weight excluding hydrogens is 287 g/mol. The number of rotatable bonds is 3. The maximum Gasteiger partial charge on any atom is 0.407 e. The average molecular weight is 301 g/mol. The van der Waals surface area contributed by atoms with E-state index < -0.39 is 23.9 Å². The van der Waals surface area contributed by atoms with Crippen LogP contribution in [0.25, 0.3) is 0 Å². The van der Waals surface area contributed by atoms with Crippen LogP contribution in [0.3, 0.4) is 0 Å². The highest BCUT2D eigenvalue weighted by Gasteiger charge is 2.33. The summed E-state index contributed by atoms with van der Waals surface area (Å²) < 4.78 is 13.6. The fourth-order valence-corrected chi connectivity index (χ4v) is 2.45. The van der Waals surface area contributed by atoms with E-state index in [0.717, 1.165) is 4.90 Å². The molecule has 1 fully saturated rings. The third-order valence-corrected chi connectivity index (χ3v) is 3.58. The van der Waals surface area contributed by atoms with Crippen molar-refractivity contribution in [2.75, 3.05) is 6.54 Å². The Hall–Kier alpha value is -1.82. The van der Waals surface area contributed by atoms with Gasteiger partial charge in [0.1, 0.15) is 11.9 Å². The molecular formula is C13H14ClFN2O3. The lowest BCUT2D eigenvalue weighted by atomic mass is 10.2. The number of carboxylic acid groups (broad SMARTS) is 1. The van der Waals surface area contributed by atoms with Gasteiger partial charge in [0.15, 0.2) is 0 Å². The van der Waals surface area contributed by atoms with Crippen LogP contribution in [-0.4, -0.2) is 34.6 Å². The molecule has 1 saturated heterocycles. The molecule has 1 aromatic rings. The Labute approximate surface area is 120 Å². The van der Waals surface area contributed by atoms with Crippen LogP contribution in [0, 0.1) is 5.82 Å². The molecule has 0 spiro atoms. The summed E-state index contributed by atoms with van der Waals surface area (Å²) >= 11 is 5.65. The Morgan fingerprint density at radius 2 is 2.25 bits per heavy atom. The molecule has 1 aromatic carbocycles. The second-order valence-corrected chi connectivity index (χ2v) is 4.97. The summed E-state index contributed by atoms with van der Waals surface area (Å²) in [6.07, 6.45) is 0.0168. The van der Waals surface area contributed by atoms with Crippen LogP contribution in [0.5, 0.6) is 0 Å². The van der Waals surface area contributed by atoms with E-state index in [1.807, 2.05) is 0 Å². The van der Waals surface area contributed by atoms with E-state index in [1.165, 1.54) is 12.1 Å². The molecule has 0 unspecified atom stereocenters. The minimum atomic E-state index is -1.11. The fourth-order valence-electron chi connectivity index (χ4n) is 2.25. The van der Waals surface area contributed by atoms with Gasteiger partial charge in [0.2, 0.25) is 5.91 Å². The SMILES string of the molecule is O=C(NCc1cccc(Cl)c1F)[C@@H]1CCCN1C(=O)O. The summed E-state index contributed by atoms with van der Waals surface area (Å²) in [4.78, 5) is 24.0. The molecule has 20 heavy (non-hydrogen) atoms. The largest absolute Gasteiger partial charge is 0.465 e. The molecule has 1 aliphatic heterocycles. The zero-order valence-corrected chi connectivity index (χ0v) is 11.4. The van der Waals surface area contributed by atoms with E-state index in [0.29, 0.717) is 19.4 Å². The molecule has 0 bridgehead atoms. The van der Waals surface area contributed by atoms with Crippen LogP contribution in [0.15, 0.2) is 18.2 Å². The van der Waals surface area contributed by atoms with Crippen molar-refractivity contribution in [1.29, 1.82) is 0 Å². The lowest BCUT2D eigenvalue weighted by Crippen LogP contribution is -2.45. The molecule has 5 nitrogen and oxygen atoms in total. The summed E-state index contributed by atoms with van der Waals surface area (Å²) in [7, 11) is 0. The van der Waals surface area contributed by atoms with Gasteiger partial charge in [0.05, 0.1) is 5.02 Å². The van der Waals surface area contributed by atoms with Crippen LogP contribution < -0.4 is 5.32 Å². The molecule has 7 heteroatoms. The first kappa shape index (κ1) is 14.6. The van der Waals surface area contributed by atoms with E-state index in [4.69, 9.17) is 16.7 Å². The number of carbonyl (C=O) groups excluding carboxylic acids is 1. The molecule has 2 amide bonds. The molecule has 2 N–H and O–H groups in total. The van der Waals surface area contributed by atoms with Gasteiger partial charge in [-0.1, -0.05) is 23.7 Å². The average Bonchev–Trinajstić information content (AvgIpc) is 2.89. The number of nitrogens with one attached hydrogen (secondary N) is 1. The first-order valence-corrected chi connectivity index (χ1v) is 6.58. The van der Waals surface area contributed by atoms with Crippen molar-refractivity contribution in [2.45, 2.75) is 25.4 Å². The van der Waals surface area contributed by atoms with E-state index in [1.54, 1.807) is 6.07 Å². The predicted molar refractivity (Wildman–Crippen MR) is 71.0 cm³/mol. The maximum absolute atomic E-state index is 13.6. The Bertz CT molecular complexity index is 538. The molecule has 0 aromatic heterocycles. The minimum absolute atomic E-state index is 0.00946. The van der Waals surface area contributed by atoms with Gasteiger partial charge in [0, 0.05) is 18.7 Å². The van der Waals surface area contributed by atoms with Crippen LogP contribution in [-0.2, 0) is 11.3 Å². The van der Waals surface area contributed by atoms with Crippen molar-refractivity contribution >= 4 is 23.6 Å². The third-order valence-electron chi connectivity index (χ3n) is 3.29. The normalized spacial score (nSPS) is 18.1. The molecule has 108 valence electrons. The highest BCUT2D eigenvalue weighted by Crippen LogP contribution is 2.19. The minimum Gasteiger partial charge on any atom is -0.465 e. The lowest BCUT2D eigenvalue weighted by Gasteiger charge is -2.20. The number of benzene rings is 1. The Morgan fingerprint density at radius 1 is 1.50 bits per heavy atom. The topological polar surface area (TPSA) is 69.6 Å². The molecule has 1 aliphatic rings. The molecule has 1 atom stereocenters. The number of halogens is 2. The van der Waals surface area contributed by atoms with Crippen molar-refractivity contribution in [3.8, 4) is 0 Å². The Balaban J connectivity index is 1.98. The second kappa shape index (κ2) is 6.09. The van der Waals surface area contributed by atoms with Crippen molar-refractivity contribution in [2.24, 2.45) is 0 Å². The van der Waals surface area contributed by atoms with Gasteiger partial charge in [-0.15, -0.1) is 0 Å². The van der Waals surface area contributed by atoms with Crippen LogP contribution in [0.4, 0.5) is 9.18 Å². The van der Waals surface area contributed by atoms with Gasteiger partial charge >= 0.3 is 6.09 Å². The summed E-state index contributed by atoms with van der Waals surface area (Å²) in [6.45, 7) is 0.328. The van der Waals surface area contributed by atoms with Gasteiger partial charge in [-0.3, -0.25) is 9.69 Å². The van der Waals surface area contributed by atoms with Crippen molar-refractivity contribution < 1.29 is 19.1 Å². The molecule has 2 rings (SSSR count). The standard InChI is InChI=1S/C13H14ClFN2O3/c14-9-4-1-3-8(11(9)15)7-16-12(18)10-5-2-6-17(10)13(19)20/h1,3-4,10H,2,5-7H2,(H,16,18)(H,19,20)/t10-/m0/s1. The van der Waals surface area contributed by atoms with Gasteiger partial charge in [0.25, 0.3) is 0 Å². The quantitative estimate of drug-likeness (QED) is 0.899. The Kier molecular flexibility index (Phi) is 4.44. The summed E-state index contributed by atoms with van der Waals surface area (Å²) in [5.41, 5.74) is 0.269. The lowest BCUT2D eigenvalue weighted by molar-refractivity contribution is -0.125. The van der Waals surface area contributed by atoms with Crippen LogP contribution in [0.1, 0.15) is 18.4 Å². The number of hydrogen-bond acceptors (Lipinski definition) is 2. The second-order valence-electron chi connectivity index (χ2n) is 4.56. The zero-order chi connectivity index (χ0) is 14.7. The molecule has 0 aliphatic carbocycles. The highest BCUT2D eigenvalue weighted by molar-refractivity contribution is 6.30. The van der Waals surface area contributed by atoms with E-state index >= 15 is 0 Å². The van der Waals surface area contributed by atoms with Crippen molar-refractivity contribution in [1.82, 2.24) is 10.2 Å². The van der Waals surface area contributed by atoms with E-state index in [2.05, 4.69) is 5.32 Å². The van der Waals surface area contributed by atoms with Crippen molar-refractivity contribution in [3.05, 3.63) is 34.6 Å². The number of amides is 2. The summed E-state index contributed by atoms with van der Waals surface area (Å²) in [5.74, 6) is -0.986. The summed E-state index contributed by atoms with van der Waals surface area (Å²) in [5, 5.41) is 11.5. The van der Waals surface area contributed by atoms with E-state index in [-0.39, 0.29) is 17.1 Å². The highest BCUT2D eigenvalue weighted by atomic mass is 35.5. The number of likely N-dealkylation sites (tertiary alicyclic amines) is 1. The Morgan fingerprint density at radius 3 is 2.95 bits per heavy atom. The molecule has 0 radical (unpaired) electrons. The maximum atomic E-state index is 13.6. The van der Waals surface area contributed by atoms with Gasteiger partial charge in [-0.25, -0.2) is 9.18 Å². The predicted octanol–water partition coefficient (Wildman–Crippen LogP) is 2.24. The monoisotopic (exact) mass is 300 g/mol. The number of nitrogens with zero attached hydrogens (tertiary/aromatic N) is 1. The van der Waals surface area contributed by atoms with Crippen molar-refractivity contribution in [3.63, 3.8) is 0 Å². The first-order chi connectivity index (χ1) is 9.50. The molecule has 0 saturated carbocycles. The summed E-state index contributed by atoms with van der Waals surface area (Å²) in [6, 6.07) is 3.83. The van der Waals surface area contributed by atoms with Crippen LogP contribution >= 0.6 is 11.6 Å². The van der Waals surface area contributed by atoms with Gasteiger partial charge in [-0.05, 0) is 18.9 Å². The zero-order valence-electron chi connectivity index (χ0n) is 10.6. The number of hydrogen-bond donors (Lipinski definition) is 2. The van der Waals surface area contributed by atoms with Gasteiger partial charge < -0.3 is 10.4 Å². The smallest absolute Gasteiger partial charge is 0.407 e. The number of carbonyl (C=O) groups is 2. The van der Waals surface area contributed by atoms with Gasteiger partial charge in [-0.2, -0.15) is 0 Å². The first-order valence-electron chi connectivity index (χ1n) is 6.21. The third kappa shape index (κ3) is 3.01. The fraction of sp³-hybridized carbons (Fsp3) is 0.385.